The topological polar surface area (TPSA) is 167 Å². The summed E-state index contributed by atoms with van der Waals surface area (Å²) in [5.41, 5.74) is 1.29. The number of aliphatic carboxylic acids is 1. The lowest BCUT2D eigenvalue weighted by Crippen LogP contribution is -2.59. The molecule has 2 aromatic carbocycles. The molecule has 1 aliphatic rings. The SMILES string of the molecule is Cc1ccc(S(=O)(=O)N2CCS(=O)(=O)CC2C(=O)N[C@@H](Cc2ccc(OC(=O)N(C)C)cc2)C(=O)O)cc1. The van der Waals surface area contributed by atoms with Crippen LogP contribution in [0.2, 0.25) is 0 Å². The Hall–Kier alpha value is -3.49. The summed E-state index contributed by atoms with van der Waals surface area (Å²) in [5.74, 6) is -3.44. The van der Waals surface area contributed by atoms with Gasteiger partial charge in [-0.2, -0.15) is 4.31 Å². The molecule has 1 saturated heterocycles. The second-order valence-electron chi connectivity index (χ2n) is 9.07. The van der Waals surface area contributed by atoms with E-state index >= 15 is 0 Å². The molecule has 38 heavy (non-hydrogen) atoms. The Morgan fingerprint density at radius 1 is 1.11 bits per heavy atom. The van der Waals surface area contributed by atoms with Gasteiger partial charge in [-0.3, -0.25) is 4.79 Å². The molecule has 0 bridgehead atoms. The number of nitrogens with one attached hydrogen (secondary N) is 1. The number of aryl methyl sites for hydroxylation is 1. The second-order valence-corrected chi connectivity index (χ2v) is 13.2. The van der Waals surface area contributed by atoms with Gasteiger partial charge in [0.25, 0.3) is 0 Å². The largest absolute Gasteiger partial charge is 0.480 e. The summed E-state index contributed by atoms with van der Waals surface area (Å²) in [4.78, 5) is 37.9. The van der Waals surface area contributed by atoms with Crippen LogP contribution in [-0.4, -0.2) is 93.3 Å². The van der Waals surface area contributed by atoms with Crippen LogP contribution in [0.1, 0.15) is 11.1 Å². The van der Waals surface area contributed by atoms with Crippen LogP contribution in [0.4, 0.5) is 4.79 Å². The number of rotatable bonds is 8. The second kappa shape index (κ2) is 11.5. The van der Waals surface area contributed by atoms with Crippen molar-refractivity contribution in [2.75, 3.05) is 32.1 Å². The third-order valence-corrected chi connectivity index (χ3v) is 9.41. The summed E-state index contributed by atoms with van der Waals surface area (Å²) in [7, 11) is -4.97. The van der Waals surface area contributed by atoms with Crippen molar-refractivity contribution in [2.24, 2.45) is 0 Å². The molecule has 0 aliphatic carbocycles. The molecular formula is C24H29N3O9S2. The van der Waals surface area contributed by atoms with Crippen LogP contribution in [0.15, 0.2) is 53.4 Å². The summed E-state index contributed by atoms with van der Waals surface area (Å²) < 4.78 is 57.1. The van der Waals surface area contributed by atoms with Crippen LogP contribution >= 0.6 is 0 Å². The predicted molar refractivity (Wildman–Crippen MR) is 137 cm³/mol. The Morgan fingerprint density at radius 3 is 2.26 bits per heavy atom. The zero-order valence-corrected chi connectivity index (χ0v) is 22.7. The third-order valence-electron chi connectivity index (χ3n) is 5.86. The lowest BCUT2D eigenvalue weighted by atomic mass is 10.1. The quantitative estimate of drug-likeness (QED) is 0.465. The van der Waals surface area contributed by atoms with Gasteiger partial charge in [0.2, 0.25) is 15.9 Å². The van der Waals surface area contributed by atoms with Crippen molar-refractivity contribution in [1.29, 1.82) is 0 Å². The predicted octanol–water partition coefficient (Wildman–Crippen LogP) is 0.655. The van der Waals surface area contributed by atoms with E-state index in [1.54, 1.807) is 19.1 Å². The molecule has 206 valence electrons. The molecule has 2 atom stereocenters. The maximum atomic E-state index is 13.3. The molecule has 12 nitrogen and oxygen atoms in total. The maximum Gasteiger partial charge on any atom is 0.414 e. The number of hydrogen-bond donors (Lipinski definition) is 2. The zero-order valence-electron chi connectivity index (χ0n) is 21.0. The zero-order chi connectivity index (χ0) is 28.3. The molecule has 3 rings (SSSR count). The molecular weight excluding hydrogens is 538 g/mol. The van der Waals surface area contributed by atoms with E-state index in [0.717, 1.165) is 9.87 Å². The van der Waals surface area contributed by atoms with Gasteiger partial charge in [-0.15, -0.1) is 0 Å². The highest BCUT2D eigenvalue weighted by Crippen LogP contribution is 2.23. The number of carbonyl (C=O) groups excluding carboxylic acids is 2. The Balaban J connectivity index is 1.80. The Kier molecular flexibility index (Phi) is 8.79. The van der Waals surface area contributed by atoms with Crippen molar-refractivity contribution >= 4 is 37.8 Å². The summed E-state index contributed by atoms with van der Waals surface area (Å²) in [6.07, 6.45) is -0.784. The van der Waals surface area contributed by atoms with Crippen LogP contribution in [0, 0.1) is 6.92 Å². The number of hydrogen-bond acceptors (Lipinski definition) is 8. The molecule has 1 unspecified atom stereocenters. The molecule has 14 heteroatoms. The van der Waals surface area contributed by atoms with E-state index in [-0.39, 0.29) is 17.1 Å². The molecule has 2 N–H and O–H groups in total. The number of sulfonamides is 1. The van der Waals surface area contributed by atoms with Gasteiger partial charge >= 0.3 is 12.1 Å². The van der Waals surface area contributed by atoms with E-state index in [4.69, 9.17) is 4.74 Å². The van der Waals surface area contributed by atoms with E-state index < -0.39 is 68.0 Å². The summed E-state index contributed by atoms with van der Waals surface area (Å²) in [5, 5.41) is 12.0. The first-order chi connectivity index (χ1) is 17.7. The average Bonchev–Trinajstić information content (AvgIpc) is 2.84. The van der Waals surface area contributed by atoms with Crippen LogP contribution < -0.4 is 10.1 Å². The van der Waals surface area contributed by atoms with Gasteiger partial charge in [-0.25, -0.2) is 26.4 Å². The van der Waals surface area contributed by atoms with Crippen molar-refractivity contribution in [3.05, 3.63) is 59.7 Å². The molecule has 2 aromatic rings. The lowest BCUT2D eigenvalue weighted by molar-refractivity contribution is -0.142. The van der Waals surface area contributed by atoms with Crippen LogP contribution in [0.5, 0.6) is 5.75 Å². The smallest absolute Gasteiger partial charge is 0.414 e. The molecule has 1 aliphatic heterocycles. The molecule has 1 heterocycles. The normalized spacial score (nSPS) is 18.2. The Labute approximate surface area is 221 Å². The van der Waals surface area contributed by atoms with Crippen LogP contribution in [-0.2, 0) is 35.9 Å². The Bertz CT molecular complexity index is 1410. The number of carbonyl (C=O) groups is 3. The number of carboxylic acids is 1. The van der Waals surface area contributed by atoms with Gasteiger partial charge in [0.15, 0.2) is 9.84 Å². The van der Waals surface area contributed by atoms with Crippen molar-refractivity contribution in [3.8, 4) is 5.75 Å². The van der Waals surface area contributed by atoms with Crippen molar-refractivity contribution in [3.63, 3.8) is 0 Å². The molecule has 0 saturated carbocycles. The monoisotopic (exact) mass is 567 g/mol. The minimum absolute atomic E-state index is 0.106. The van der Waals surface area contributed by atoms with Gasteiger partial charge in [-0.05, 0) is 36.8 Å². The molecule has 0 spiro atoms. The molecule has 1 fully saturated rings. The fraction of sp³-hybridized carbons (Fsp3) is 0.375. The number of carboxylic acid groups (broad SMARTS) is 1. The lowest BCUT2D eigenvalue weighted by Gasteiger charge is -2.34. The highest BCUT2D eigenvalue weighted by molar-refractivity contribution is 7.92. The summed E-state index contributed by atoms with van der Waals surface area (Å²) in [6.45, 7) is 1.33. The number of nitrogens with zero attached hydrogens (tertiary/aromatic N) is 2. The summed E-state index contributed by atoms with van der Waals surface area (Å²) in [6, 6.07) is 8.71. The standard InChI is InChI=1S/C24H29N3O9S2/c1-16-4-10-19(11-5-16)38(34,35)27-12-13-37(32,33)15-21(27)22(28)25-20(23(29)30)14-17-6-8-18(9-7-17)36-24(31)26(2)3/h4-11,20-21H,12-15H2,1-3H3,(H,25,28)(H,29,30)/t20-,21?/m0/s1. The number of benzene rings is 2. The van der Waals surface area contributed by atoms with Gasteiger partial charge < -0.3 is 20.1 Å². The van der Waals surface area contributed by atoms with E-state index in [9.17, 15) is 36.3 Å². The number of ether oxygens (including phenoxy) is 1. The number of amides is 2. The van der Waals surface area contributed by atoms with E-state index in [1.165, 1.54) is 55.4 Å². The van der Waals surface area contributed by atoms with Crippen molar-refractivity contribution < 1.29 is 41.1 Å². The fourth-order valence-electron chi connectivity index (χ4n) is 3.72. The van der Waals surface area contributed by atoms with E-state index in [0.29, 0.717) is 5.56 Å². The van der Waals surface area contributed by atoms with Crippen LogP contribution in [0.3, 0.4) is 0 Å². The van der Waals surface area contributed by atoms with Gasteiger partial charge in [-0.1, -0.05) is 29.8 Å². The minimum atomic E-state index is -4.24. The van der Waals surface area contributed by atoms with Crippen molar-refractivity contribution in [2.45, 2.75) is 30.3 Å². The van der Waals surface area contributed by atoms with Gasteiger partial charge in [0, 0.05) is 27.1 Å². The molecule has 0 radical (unpaired) electrons. The van der Waals surface area contributed by atoms with Gasteiger partial charge in [0.1, 0.15) is 17.8 Å². The van der Waals surface area contributed by atoms with Crippen molar-refractivity contribution in [1.82, 2.24) is 14.5 Å². The summed E-state index contributed by atoms with van der Waals surface area (Å²) >= 11 is 0. The average molecular weight is 568 g/mol. The van der Waals surface area contributed by atoms with E-state index in [1.807, 2.05) is 0 Å². The Morgan fingerprint density at radius 2 is 1.71 bits per heavy atom. The number of sulfone groups is 1. The highest BCUT2D eigenvalue weighted by Gasteiger charge is 2.43. The first-order valence-corrected chi connectivity index (χ1v) is 14.8. The van der Waals surface area contributed by atoms with Gasteiger partial charge in [0.05, 0.1) is 16.4 Å². The molecule has 2 amide bonds. The first-order valence-electron chi connectivity index (χ1n) is 11.5. The molecule has 0 aromatic heterocycles. The fourth-order valence-corrected chi connectivity index (χ4v) is 6.97. The third kappa shape index (κ3) is 7.08. The first kappa shape index (κ1) is 29.1. The maximum absolute atomic E-state index is 13.3. The van der Waals surface area contributed by atoms with E-state index in [2.05, 4.69) is 5.32 Å². The van der Waals surface area contributed by atoms with Crippen LogP contribution in [0.25, 0.3) is 0 Å². The minimum Gasteiger partial charge on any atom is -0.480 e. The highest BCUT2D eigenvalue weighted by atomic mass is 32.2.